The maximum Gasteiger partial charge on any atom is 0.229 e. The van der Waals surface area contributed by atoms with Gasteiger partial charge in [0.05, 0.1) is 31.7 Å². The number of piperidine rings is 1. The van der Waals surface area contributed by atoms with Crippen LogP contribution in [0.4, 0.5) is 10.2 Å². The number of halogens is 2. The minimum Gasteiger partial charge on any atom is -0.490 e. The Morgan fingerprint density at radius 3 is 3.00 bits per heavy atom. The first-order valence-corrected chi connectivity index (χ1v) is 10.6. The number of ether oxygens (including phenoxy) is 1. The van der Waals surface area contributed by atoms with Gasteiger partial charge in [-0.25, -0.2) is 9.37 Å². The molecule has 164 valence electrons. The zero-order valence-electron chi connectivity index (χ0n) is 17.0. The summed E-state index contributed by atoms with van der Waals surface area (Å²) in [5, 5.41) is 13.9. The highest BCUT2D eigenvalue weighted by Gasteiger charge is 2.38. The van der Waals surface area contributed by atoms with Crippen LogP contribution in [-0.2, 0) is 11.3 Å². The highest BCUT2D eigenvalue weighted by atomic mass is 35.5. The Kier molecular flexibility index (Phi) is 5.27. The molecule has 2 atom stereocenters. The van der Waals surface area contributed by atoms with Gasteiger partial charge in [0.2, 0.25) is 5.91 Å². The van der Waals surface area contributed by atoms with E-state index in [9.17, 15) is 10.1 Å². The molecule has 5 rings (SSSR count). The first-order chi connectivity index (χ1) is 15.6. The van der Waals surface area contributed by atoms with Crippen LogP contribution >= 0.6 is 11.6 Å². The Morgan fingerprint density at radius 2 is 2.19 bits per heavy atom. The summed E-state index contributed by atoms with van der Waals surface area (Å²) in [6, 6.07) is 3.81. The molecule has 0 saturated carbocycles. The minimum atomic E-state index is -1.35. The molecule has 3 aromatic rings. The highest BCUT2D eigenvalue weighted by molar-refractivity contribution is 6.33. The molecule has 0 aliphatic carbocycles. The molecule has 2 aliphatic rings. The van der Waals surface area contributed by atoms with E-state index in [1.807, 2.05) is 4.90 Å². The number of alkyl halides is 1. The molecule has 5 heterocycles. The molecular formula is C21H19ClFN7O2. The zero-order valence-corrected chi connectivity index (χ0v) is 17.7. The van der Waals surface area contributed by atoms with E-state index in [1.165, 1.54) is 12.4 Å². The SMILES string of the molecule is N#Cc1cncc2c1OCCN(C(=O)[C@H]1CCN(c3ccnc4c(Cl)cnn34)C[C@@H]1F)C2. The molecule has 1 fully saturated rings. The Labute approximate surface area is 188 Å². The van der Waals surface area contributed by atoms with Crippen molar-refractivity contribution in [1.29, 1.82) is 5.26 Å². The Balaban J connectivity index is 1.32. The number of carbonyl (C=O) groups excluding carboxylic acids is 1. The van der Waals surface area contributed by atoms with Crippen molar-refractivity contribution < 1.29 is 13.9 Å². The third kappa shape index (κ3) is 3.48. The summed E-state index contributed by atoms with van der Waals surface area (Å²) in [4.78, 5) is 24.9. The van der Waals surface area contributed by atoms with E-state index < -0.39 is 12.1 Å². The number of hydrogen-bond acceptors (Lipinski definition) is 7. The second kappa shape index (κ2) is 8.24. The number of hydrogen-bond donors (Lipinski definition) is 0. The van der Waals surface area contributed by atoms with Crippen molar-refractivity contribution in [2.24, 2.45) is 5.92 Å². The van der Waals surface area contributed by atoms with Crippen molar-refractivity contribution in [3.8, 4) is 11.8 Å². The minimum absolute atomic E-state index is 0.0636. The normalized spacial score (nSPS) is 20.9. The van der Waals surface area contributed by atoms with Gasteiger partial charge in [-0.05, 0) is 12.5 Å². The van der Waals surface area contributed by atoms with Gasteiger partial charge in [0, 0.05) is 30.7 Å². The summed E-state index contributed by atoms with van der Waals surface area (Å²) >= 11 is 6.11. The van der Waals surface area contributed by atoms with Crippen LogP contribution in [0, 0.1) is 17.2 Å². The number of pyridine rings is 1. The van der Waals surface area contributed by atoms with Crippen LogP contribution in [0.3, 0.4) is 0 Å². The van der Waals surface area contributed by atoms with Crippen molar-refractivity contribution >= 4 is 29.0 Å². The topological polar surface area (TPSA) is 99.6 Å². The molecule has 11 heteroatoms. The smallest absolute Gasteiger partial charge is 0.229 e. The molecule has 2 aliphatic heterocycles. The molecule has 0 N–H and O–H groups in total. The fraction of sp³-hybridized carbons (Fsp3) is 0.381. The average molecular weight is 456 g/mol. The molecule has 0 bridgehead atoms. The third-order valence-corrected chi connectivity index (χ3v) is 6.16. The number of amides is 1. The van der Waals surface area contributed by atoms with E-state index in [2.05, 4.69) is 21.1 Å². The lowest BCUT2D eigenvalue weighted by Crippen LogP contribution is -2.49. The van der Waals surface area contributed by atoms with Gasteiger partial charge >= 0.3 is 0 Å². The fourth-order valence-corrected chi connectivity index (χ4v) is 4.47. The van der Waals surface area contributed by atoms with Gasteiger partial charge in [-0.3, -0.25) is 9.78 Å². The number of carbonyl (C=O) groups is 1. The van der Waals surface area contributed by atoms with Crippen molar-refractivity contribution in [2.45, 2.75) is 19.1 Å². The summed E-state index contributed by atoms with van der Waals surface area (Å²) in [5.41, 5.74) is 1.49. The summed E-state index contributed by atoms with van der Waals surface area (Å²) in [5.74, 6) is 0.128. The Hall–Kier alpha value is -3.45. The number of aromatic nitrogens is 4. The number of nitrogens with zero attached hydrogens (tertiary/aromatic N) is 7. The van der Waals surface area contributed by atoms with Gasteiger partial charge in [0.25, 0.3) is 0 Å². The first kappa shape index (κ1) is 20.5. The van der Waals surface area contributed by atoms with E-state index in [-0.39, 0.29) is 25.6 Å². The zero-order chi connectivity index (χ0) is 22.2. The molecule has 0 spiro atoms. The Bertz CT molecular complexity index is 1230. The number of rotatable bonds is 2. The molecule has 1 amide bonds. The summed E-state index contributed by atoms with van der Waals surface area (Å²) < 4.78 is 22.5. The highest BCUT2D eigenvalue weighted by Crippen LogP contribution is 2.31. The summed E-state index contributed by atoms with van der Waals surface area (Å²) in [7, 11) is 0. The second-order valence-corrected chi connectivity index (χ2v) is 8.19. The van der Waals surface area contributed by atoms with E-state index in [0.29, 0.717) is 52.9 Å². The van der Waals surface area contributed by atoms with Crippen LogP contribution in [0.1, 0.15) is 17.5 Å². The van der Waals surface area contributed by atoms with Crippen molar-refractivity contribution in [1.82, 2.24) is 24.5 Å². The van der Waals surface area contributed by atoms with Gasteiger partial charge in [0.15, 0.2) is 5.65 Å². The lowest BCUT2D eigenvalue weighted by atomic mass is 9.93. The molecule has 1 saturated heterocycles. The lowest BCUT2D eigenvalue weighted by Gasteiger charge is -2.37. The van der Waals surface area contributed by atoms with E-state index in [0.717, 1.165) is 0 Å². The maximum atomic E-state index is 15.3. The van der Waals surface area contributed by atoms with Gasteiger partial charge in [-0.15, -0.1) is 0 Å². The van der Waals surface area contributed by atoms with Crippen LogP contribution < -0.4 is 9.64 Å². The van der Waals surface area contributed by atoms with Crippen LogP contribution in [0.2, 0.25) is 5.02 Å². The monoisotopic (exact) mass is 455 g/mol. The molecule has 0 radical (unpaired) electrons. The average Bonchev–Trinajstić information content (AvgIpc) is 3.05. The summed E-state index contributed by atoms with van der Waals surface area (Å²) in [6.07, 6.45) is 5.15. The van der Waals surface area contributed by atoms with Crippen LogP contribution in [0.15, 0.2) is 30.9 Å². The van der Waals surface area contributed by atoms with E-state index >= 15 is 4.39 Å². The van der Waals surface area contributed by atoms with Gasteiger partial charge in [-0.1, -0.05) is 11.6 Å². The first-order valence-electron chi connectivity index (χ1n) is 10.2. The van der Waals surface area contributed by atoms with E-state index in [1.54, 1.807) is 27.9 Å². The standard InChI is InChI=1S/C21H19ClFN7O2/c22-16-10-27-30-18(1-3-26-20(16)30)28-4-2-15(17(23)12-28)21(31)29-5-6-32-19-13(7-24)8-25-9-14(19)11-29/h1,3,8-10,15,17H,2,4-6,11-12H2/t15-,17-/m0/s1. The molecule has 3 aromatic heterocycles. The fourth-order valence-electron chi connectivity index (χ4n) is 4.30. The molecule has 32 heavy (non-hydrogen) atoms. The maximum absolute atomic E-state index is 15.3. The van der Waals surface area contributed by atoms with Gasteiger partial charge in [-0.2, -0.15) is 14.9 Å². The number of nitriles is 1. The molecule has 0 aromatic carbocycles. The predicted octanol–water partition coefficient (Wildman–Crippen LogP) is 2.23. The molecule has 0 unspecified atom stereocenters. The van der Waals surface area contributed by atoms with Crippen molar-refractivity contribution in [3.63, 3.8) is 0 Å². The Morgan fingerprint density at radius 1 is 1.31 bits per heavy atom. The van der Waals surface area contributed by atoms with Crippen LogP contribution in [0.25, 0.3) is 5.65 Å². The lowest BCUT2D eigenvalue weighted by molar-refractivity contribution is -0.139. The third-order valence-electron chi connectivity index (χ3n) is 5.89. The molecule has 9 nitrogen and oxygen atoms in total. The van der Waals surface area contributed by atoms with Crippen LogP contribution in [-0.4, -0.2) is 62.8 Å². The number of anilines is 1. The van der Waals surface area contributed by atoms with Gasteiger partial charge < -0.3 is 14.5 Å². The quantitative estimate of drug-likeness (QED) is 0.584. The van der Waals surface area contributed by atoms with Crippen LogP contribution in [0.5, 0.6) is 5.75 Å². The van der Waals surface area contributed by atoms with Crippen molar-refractivity contribution in [2.75, 3.05) is 31.1 Å². The second-order valence-electron chi connectivity index (χ2n) is 7.78. The largest absolute Gasteiger partial charge is 0.490 e. The predicted molar refractivity (Wildman–Crippen MR) is 113 cm³/mol. The van der Waals surface area contributed by atoms with E-state index in [4.69, 9.17) is 16.3 Å². The van der Waals surface area contributed by atoms with Gasteiger partial charge in [0.1, 0.15) is 41.0 Å². The van der Waals surface area contributed by atoms with Crippen molar-refractivity contribution in [3.05, 3.63) is 47.0 Å². The number of fused-ring (bicyclic) bond motifs is 2. The molecular weight excluding hydrogens is 437 g/mol. The summed E-state index contributed by atoms with van der Waals surface area (Å²) in [6.45, 7) is 1.35.